The summed E-state index contributed by atoms with van der Waals surface area (Å²) in [6.45, 7) is 4.98. The van der Waals surface area contributed by atoms with E-state index in [1.807, 2.05) is 6.07 Å². The number of hydrogen-bond acceptors (Lipinski definition) is 8. The van der Waals surface area contributed by atoms with Crippen LogP contribution in [0.2, 0.25) is 5.02 Å². The van der Waals surface area contributed by atoms with Gasteiger partial charge in [0.2, 0.25) is 0 Å². The highest BCUT2D eigenvalue weighted by Crippen LogP contribution is 2.42. The highest BCUT2D eigenvalue weighted by atomic mass is 35.5. The molecule has 0 spiro atoms. The Morgan fingerprint density at radius 3 is 2.83 bits per heavy atom. The smallest absolute Gasteiger partial charge is 0.267 e. The number of benzene rings is 1. The number of pyridine rings is 1. The third kappa shape index (κ3) is 4.56. The lowest BCUT2D eigenvalue weighted by atomic mass is 10.1. The molecule has 0 radical (unpaired) electrons. The van der Waals surface area contributed by atoms with Crippen molar-refractivity contribution in [1.82, 2.24) is 19.9 Å². The van der Waals surface area contributed by atoms with Crippen LogP contribution in [0.15, 0.2) is 56.8 Å². The van der Waals surface area contributed by atoms with Gasteiger partial charge >= 0.3 is 0 Å². The maximum atomic E-state index is 14.5. The molecule has 2 heterocycles. The highest BCUT2D eigenvalue weighted by Gasteiger charge is 2.37. The van der Waals surface area contributed by atoms with Crippen LogP contribution in [-0.4, -0.2) is 33.8 Å². The Morgan fingerprint density at radius 2 is 2.19 bits per heavy atom. The molecule has 0 unspecified atom stereocenters. The van der Waals surface area contributed by atoms with Crippen molar-refractivity contribution >= 4 is 35.1 Å². The van der Waals surface area contributed by atoms with E-state index in [1.54, 1.807) is 25.1 Å². The van der Waals surface area contributed by atoms with Crippen LogP contribution in [0.5, 0.6) is 0 Å². The summed E-state index contributed by atoms with van der Waals surface area (Å²) in [5.74, 6) is -0.312. The highest BCUT2D eigenvalue weighted by molar-refractivity contribution is 6.35. The first-order valence-electron chi connectivity index (χ1n) is 11.0. The van der Waals surface area contributed by atoms with Crippen molar-refractivity contribution in [3.63, 3.8) is 0 Å². The fourth-order valence-electron chi connectivity index (χ4n) is 3.94. The van der Waals surface area contributed by atoms with Gasteiger partial charge in [-0.25, -0.2) is 14.4 Å². The fraction of sp³-hybridized carbons (Fsp3) is 0.250. The van der Waals surface area contributed by atoms with Crippen LogP contribution in [0.1, 0.15) is 30.3 Å². The second kappa shape index (κ2) is 10.2. The maximum Gasteiger partial charge on any atom is 0.267 e. The Balaban J connectivity index is 2.02. The molecule has 0 bridgehead atoms. The summed E-state index contributed by atoms with van der Waals surface area (Å²) in [5.41, 5.74) is 11.6. The van der Waals surface area contributed by atoms with E-state index in [0.717, 1.165) is 19.0 Å². The van der Waals surface area contributed by atoms with Crippen LogP contribution in [0, 0.1) is 30.0 Å². The Kier molecular flexibility index (Phi) is 7.10. The molecule has 36 heavy (non-hydrogen) atoms. The lowest BCUT2D eigenvalue weighted by Crippen LogP contribution is -2.34. The molecule has 12 heteroatoms. The SMILES string of the molecule is C=N/C(N[C@H](c1nc2cccc(Cl)c2c(=O)n1-c1cncc(F)c1C)C1CC1)=C(C#N)\C(N)=N/CN. The molecule has 10 nitrogen and oxygen atoms in total. The number of nitrogens with one attached hydrogen (secondary N) is 1. The van der Waals surface area contributed by atoms with Gasteiger partial charge in [0.25, 0.3) is 5.56 Å². The first kappa shape index (κ1) is 25.0. The van der Waals surface area contributed by atoms with Gasteiger partial charge < -0.3 is 16.8 Å². The second-order valence-electron chi connectivity index (χ2n) is 8.19. The first-order valence-corrected chi connectivity index (χ1v) is 11.4. The zero-order valence-corrected chi connectivity index (χ0v) is 20.1. The van der Waals surface area contributed by atoms with Gasteiger partial charge in [-0.05, 0) is 44.5 Å². The summed E-state index contributed by atoms with van der Waals surface area (Å²) in [6.07, 6.45) is 4.11. The molecular weight excluding hydrogens is 485 g/mol. The van der Waals surface area contributed by atoms with Crippen molar-refractivity contribution in [3.05, 3.63) is 74.6 Å². The van der Waals surface area contributed by atoms with E-state index in [1.165, 1.54) is 10.8 Å². The summed E-state index contributed by atoms with van der Waals surface area (Å²) < 4.78 is 15.8. The Bertz CT molecular complexity index is 1520. The molecule has 1 fully saturated rings. The van der Waals surface area contributed by atoms with Gasteiger partial charge in [0, 0.05) is 5.56 Å². The number of nitriles is 1. The molecule has 4 rings (SSSR count). The maximum absolute atomic E-state index is 14.5. The summed E-state index contributed by atoms with van der Waals surface area (Å²) in [6, 6.07) is 6.31. The molecule has 0 aliphatic heterocycles. The quantitative estimate of drug-likeness (QED) is 0.240. The zero-order valence-electron chi connectivity index (χ0n) is 19.4. The van der Waals surface area contributed by atoms with E-state index in [-0.39, 0.29) is 57.3 Å². The molecule has 1 aliphatic carbocycles. The summed E-state index contributed by atoms with van der Waals surface area (Å²) >= 11 is 6.37. The fourth-order valence-corrected chi connectivity index (χ4v) is 4.19. The number of fused-ring (bicyclic) bond motifs is 1. The lowest BCUT2D eigenvalue weighted by molar-refractivity contribution is 0.487. The van der Waals surface area contributed by atoms with Crippen molar-refractivity contribution < 1.29 is 4.39 Å². The number of hydrogen-bond donors (Lipinski definition) is 3. The molecule has 184 valence electrons. The van der Waals surface area contributed by atoms with Gasteiger partial charge in [0.15, 0.2) is 0 Å². The number of aliphatic imine (C=N–C) groups is 2. The van der Waals surface area contributed by atoms with E-state index >= 15 is 0 Å². The minimum Gasteiger partial charge on any atom is -0.383 e. The van der Waals surface area contributed by atoms with E-state index < -0.39 is 17.4 Å². The van der Waals surface area contributed by atoms with Gasteiger partial charge in [0.1, 0.15) is 34.9 Å². The second-order valence-corrected chi connectivity index (χ2v) is 8.60. The average molecular weight is 508 g/mol. The Hall–Kier alpha value is -4.14. The molecule has 1 aliphatic rings. The normalized spacial score (nSPS) is 15.2. The van der Waals surface area contributed by atoms with E-state index in [4.69, 9.17) is 28.1 Å². The number of halogens is 2. The summed E-state index contributed by atoms with van der Waals surface area (Å²) in [5, 5.41) is 13.3. The van der Waals surface area contributed by atoms with Crippen LogP contribution in [0.4, 0.5) is 4.39 Å². The predicted octanol–water partition coefficient (Wildman–Crippen LogP) is 2.63. The van der Waals surface area contributed by atoms with E-state index in [2.05, 4.69) is 27.0 Å². The minimum absolute atomic E-state index is 0.0333. The van der Waals surface area contributed by atoms with Gasteiger partial charge in [-0.3, -0.25) is 19.3 Å². The standard InChI is InChI=1S/C24H23ClFN9O/c1-12-16(26)9-31-10-18(12)35-23(33-17-5-3-4-15(25)19(17)24(35)36)20(13-6-7-13)34-22(30-2)14(8-27)21(29)32-11-28/h3-5,9-10,13,20,34H,2,6-7,11,28H2,1H3,(H2,29,32)/b22-14+/t20-/m0/s1. The van der Waals surface area contributed by atoms with Gasteiger partial charge in [-0.2, -0.15) is 5.26 Å². The number of rotatable bonds is 8. The predicted molar refractivity (Wildman–Crippen MR) is 136 cm³/mol. The number of amidine groups is 1. The van der Waals surface area contributed by atoms with E-state index in [9.17, 15) is 14.4 Å². The van der Waals surface area contributed by atoms with Crippen LogP contribution >= 0.6 is 11.6 Å². The summed E-state index contributed by atoms with van der Waals surface area (Å²) in [4.78, 5) is 30.4. The molecule has 5 N–H and O–H groups in total. The van der Waals surface area contributed by atoms with Gasteiger partial charge in [-0.1, -0.05) is 17.7 Å². The minimum atomic E-state index is -0.613. The molecule has 1 atom stereocenters. The molecule has 0 saturated heterocycles. The van der Waals surface area contributed by atoms with Crippen molar-refractivity contribution in [2.45, 2.75) is 25.8 Å². The van der Waals surface area contributed by atoms with Crippen LogP contribution < -0.4 is 22.3 Å². The molecule has 2 aromatic heterocycles. The number of nitrogens with two attached hydrogens (primary N) is 2. The molecule has 0 amide bonds. The first-order chi connectivity index (χ1) is 17.3. The van der Waals surface area contributed by atoms with Crippen LogP contribution in [0.25, 0.3) is 16.6 Å². The molecule has 3 aromatic rings. The van der Waals surface area contributed by atoms with Gasteiger partial charge in [-0.15, -0.1) is 0 Å². The molecular formula is C24H23ClFN9O. The van der Waals surface area contributed by atoms with Crippen molar-refractivity contribution in [3.8, 4) is 11.8 Å². The van der Waals surface area contributed by atoms with E-state index in [0.29, 0.717) is 5.52 Å². The molecule has 1 aromatic carbocycles. The largest absolute Gasteiger partial charge is 0.383 e. The van der Waals surface area contributed by atoms with Crippen molar-refractivity contribution in [2.75, 3.05) is 6.67 Å². The number of aromatic nitrogens is 3. The van der Waals surface area contributed by atoms with Gasteiger partial charge in [0.05, 0.1) is 46.7 Å². The Morgan fingerprint density at radius 1 is 1.44 bits per heavy atom. The van der Waals surface area contributed by atoms with Crippen molar-refractivity contribution in [1.29, 1.82) is 5.26 Å². The Labute approximate surface area is 210 Å². The third-order valence-electron chi connectivity index (χ3n) is 5.93. The molecule has 1 saturated carbocycles. The number of nitrogens with zero attached hydrogens (tertiary/aromatic N) is 6. The lowest BCUT2D eigenvalue weighted by Gasteiger charge is -2.24. The van der Waals surface area contributed by atoms with Crippen molar-refractivity contribution in [2.24, 2.45) is 27.4 Å². The topological polar surface area (TPSA) is 160 Å². The van der Waals surface area contributed by atoms with Crippen LogP contribution in [0.3, 0.4) is 0 Å². The van der Waals surface area contributed by atoms with Crippen LogP contribution in [-0.2, 0) is 0 Å². The third-order valence-corrected chi connectivity index (χ3v) is 6.24. The average Bonchev–Trinajstić information content (AvgIpc) is 3.69. The monoisotopic (exact) mass is 507 g/mol. The zero-order chi connectivity index (χ0) is 26.0. The summed E-state index contributed by atoms with van der Waals surface area (Å²) in [7, 11) is 0.